The third-order valence-electron chi connectivity index (χ3n) is 1.90. The van der Waals surface area contributed by atoms with E-state index in [0.717, 1.165) is 15.8 Å². The molecule has 0 spiro atoms. The molecule has 3 heteroatoms. The van der Waals surface area contributed by atoms with E-state index in [-0.39, 0.29) is 0 Å². The van der Waals surface area contributed by atoms with Crippen LogP contribution in [0.5, 0.6) is 0 Å². The van der Waals surface area contributed by atoms with Crippen molar-refractivity contribution in [3.8, 4) is 0 Å². The largest absolute Gasteiger partial charge is 0.497 e. The van der Waals surface area contributed by atoms with E-state index in [4.69, 9.17) is 4.74 Å². The Bertz CT molecular complexity index is 447. The summed E-state index contributed by atoms with van der Waals surface area (Å²) in [5.74, 6) is 0.690. The summed E-state index contributed by atoms with van der Waals surface area (Å²) in [6.45, 7) is 3.80. The Labute approximate surface area is 80.5 Å². The zero-order chi connectivity index (χ0) is 9.26. The lowest BCUT2D eigenvalue weighted by atomic mass is 10.2. The molecule has 0 aliphatic carbocycles. The minimum absolute atomic E-state index is 0.690. The van der Waals surface area contributed by atoms with Crippen LogP contribution in [0.1, 0.15) is 5.56 Å². The Hall–Kier alpha value is -1.35. The quantitative estimate of drug-likeness (QED) is 0.681. The molecule has 0 saturated heterocycles. The van der Waals surface area contributed by atoms with Crippen molar-refractivity contribution in [1.29, 1.82) is 0 Å². The molecule has 66 valence electrons. The van der Waals surface area contributed by atoms with Crippen LogP contribution in [-0.4, -0.2) is 12.1 Å². The van der Waals surface area contributed by atoms with E-state index in [1.54, 1.807) is 18.4 Å². The first-order valence-electron chi connectivity index (χ1n) is 3.88. The maximum Gasteiger partial charge on any atom is 0.118 e. The fourth-order valence-corrected chi connectivity index (χ4v) is 1.86. The van der Waals surface area contributed by atoms with Gasteiger partial charge < -0.3 is 4.74 Å². The van der Waals surface area contributed by atoms with Crippen molar-refractivity contribution in [2.75, 3.05) is 7.11 Å². The summed E-state index contributed by atoms with van der Waals surface area (Å²) in [5.41, 5.74) is 3.88. The first-order valence-corrected chi connectivity index (χ1v) is 4.76. The molecule has 13 heavy (non-hydrogen) atoms. The fourth-order valence-electron chi connectivity index (χ4n) is 1.15. The van der Waals surface area contributed by atoms with Crippen molar-refractivity contribution >= 4 is 27.3 Å². The molecule has 0 unspecified atom stereocenters. The van der Waals surface area contributed by atoms with Gasteiger partial charge in [0.05, 0.1) is 22.8 Å². The number of nitrogens with zero attached hydrogens (tertiary/aromatic N) is 1. The molecular weight excluding hydrogens is 182 g/mol. The van der Waals surface area contributed by atoms with E-state index in [2.05, 4.69) is 11.6 Å². The molecular formula is C10H9NOS. The zero-order valence-corrected chi connectivity index (χ0v) is 8.10. The molecule has 0 aliphatic rings. The van der Waals surface area contributed by atoms with Crippen LogP contribution in [0.15, 0.2) is 30.3 Å². The summed E-state index contributed by atoms with van der Waals surface area (Å²) in [4.78, 5) is 4.19. The second kappa shape index (κ2) is 3.18. The number of methoxy groups -OCH3 is 1. The van der Waals surface area contributed by atoms with Crippen LogP contribution in [0.3, 0.4) is 0 Å². The van der Waals surface area contributed by atoms with Crippen LogP contribution in [-0.2, 0) is 4.74 Å². The number of ether oxygens (including phenoxy) is 1. The number of thiazole rings is 1. The standard InChI is InChI=1S/C10H9NOS/c1-7(12-2)8-3-4-9-10(5-8)13-6-11-9/h3-6H,1H2,2H3. The molecule has 2 nitrogen and oxygen atoms in total. The predicted molar refractivity (Wildman–Crippen MR) is 55.7 cm³/mol. The lowest BCUT2D eigenvalue weighted by Crippen LogP contribution is -1.83. The second-order valence-electron chi connectivity index (χ2n) is 2.66. The minimum Gasteiger partial charge on any atom is -0.497 e. The first-order chi connectivity index (χ1) is 6.31. The SMILES string of the molecule is C=C(OC)c1ccc2ncsc2c1. The van der Waals surface area contributed by atoms with Crippen LogP contribution in [0, 0.1) is 0 Å². The normalized spacial score (nSPS) is 10.2. The molecule has 0 saturated carbocycles. The smallest absolute Gasteiger partial charge is 0.118 e. The highest BCUT2D eigenvalue weighted by Gasteiger charge is 2.01. The second-order valence-corrected chi connectivity index (χ2v) is 3.55. The average Bonchev–Trinajstić information content (AvgIpc) is 2.63. The Morgan fingerprint density at radius 2 is 2.38 bits per heavy atom. The Morgan fingerprint density at radius 1 is 1.54 bits per heavy atom. The molecule has 0 aliphatic heterocycles. The lowest BCUT2D eigenvalue weighted by molar-refractivity contribution is 0.371. The van der Waals surface area contributed by atoms with Gasteiger partial charge in [-0.25, -0.2) is 4.98 Å². The first kappa shape index (κ1) is 8.26. The highest BCUT2D eigenvalue weighted by Crippen LogP contribution is 2.22. The van der Waals surface area contributed by atoms with Crippen LogP contribution in [0.4, 0.5) is 0 Å². The topological polar surface area (TPSA) is 22.1 Å². The summed E-state index contributed by atoms with van der Waals surface area (Å²) in [6, 6.07) is 5.98. The maximum absolute atomic E-state index is 5.05. The number of hydrogen-bond donors (Lipinski definition) is 0. The summed E-state index contributed by atoms with van der Waals surface area (Å²) < 4.78 is 6.21. The maximum atomic E-state index is 5.05. The Kier molecular flexibility index (Phi) is 2.02. The van der Waals surface area contributed by atoms with Crippen molar-refractivity contribution in [2.45, 2.75) is 0 Å². The van der Waals surface area contributed by atoms with Crippen molar-refractivity contribution < 1.29 is 4.74 Å². The third-order valence-corrected chi connectivity index (χ3v) is 2.69. The number of benzene rings is 1. The van der Waals surface area contributed by atoms with Gasteiger partial charge in [0.25, 0.3) is 0 Å². The molecule has 0 N–H and O–H groups in total. The van der Waals surface area contributed by atoms with Gasteiger partial charge in [0, 0.05) is 5.56 Å². The van der Waals surface area contributed by atoms with Gasteiger partial charge in [0.2, 0.25) is 0 Å². The summed E-state index contributed by atoms with van der Waals surface area (Å²) >= 11 is 1.62. The van der Waals surface area contributed by atoms with Crippen molar-refractivity contribution in [3.05, 3.63) is 35.9 Å². The Morgan fingerprint density at radius 3 is 3.15 bits per heavy atom. The zero-order valence-electron chi connectivity index (χ0n) is 7.28. The van der Waals surface area contributed by atoms with E-state index in [9.17, 15) is 0 Å². The van der Waals surface area contributed by atoms with E-state index in [1.165, 1.54) is 0 Å². The van der Waals surface area contributed by atoms with Gasteiger partial charge >= 0.3 is 0 Å². The number of aromatic nitrogens is 1. The molecule has 1 aromatic heterocycles. The molecule has 1 aromatic carbocycles. The highest BCUT2D eigenvalue weighted by molar-refractivity contribution is 7.16. The van der Waals surface area contributed by atoms with Gasteiger partial charge in [-0.05, 0) is 18.2 Å². The molecule has 0 amide bonds. The molecule has 0 fully saturated rings. The average molecular weight is 191 g/mol. The number of fused-ring (bicyclic) bond motifs is 1. The Balaban J connectivity index is 2.54. The minimum atomic E-state index is 0.690. The lowest BCUT2D eigenvalue weighted by Gasteiger charge is -2.02. The van der Waals surface area contributed by atoms with Crippen molar-refractivity contribution in [3.63, 3.8) is 0 Å². The molecule has 1 heterocycles. The van der Waals surface area contributed by atoms with Crippen molar-refractivity contribution in [2.24, 2.45) is 0 Å². The summed E-state index contributed by atoms with van der Waals surface area (Å²) in [7, 11) is 1.62. The van der Waals surface area contributed by atoms with E-state index < -0.39 is 0 Å². The predicted octanol–water partition coefficient (Wildman–Crippen LogP) is 2.91. The van der Waals surface area contributed by atoms with E-state index in [1.807, 2.05) is 23.7 Å². The third kappa shape index (κ3) is 1.42. The number of hydrogen-bond acceptors (Lipinski definition) is 3. The molecule has 2 rings (SSSR count). The van der Waals surface area contributed by atoms with Gasteiger partial charge in [-0.2, -0.15) is 0 Å². The molecule has 0 radical (unpaired) electrons. The van der Waals surface area contributed by atoms with Crippen LogP contribution >= 0.6 is 11.3 Å². The van der Waals surface area contributed by atoms with Gasteiger partial charge in [-0.3, -0.25) is 0 Å². The number of rotatable bonds is 2. The summed E-state index contributed by atoms with van der Waals surface area (Å²) in [6.07, 6.45) is 0. The fraction of sp³-hybridized carbons (Fsp3) is 0.100. The molecule has 2 aromatic rings. The van der Waals surface area contributed by atoms with Gasteiger partial charge in [0.15, 0.2) is 0 Å². The monoisotopic (exact) mass is 191 g/mol. The van der Waals surface area contributed by atoms with Crippen LogP contribution < -0.4 is 0 Å². The van der Waals surface area contributed by atoms with E-state index in [0.29, 0.717) is 5.76 Å². The highest BCUT2D eigenvalue weighted by atomic mass is 32.1. The van der Waals surface area contributed by atoms with Crippen LogP contribution in [0.25, 0.3) is 16.0 Å². The summed E-state index contributed by atoms with van der Waals surface area (Å²) in [5, 5.41) is 0. The van der Waals surface area contributed by atoms with E-state index >= 15 is 0 Å². The van der Waals surface area contributed by atoms with Gasteiger partial charge in [-0.15, -0.1) is 11.3 Å². The van der Waals surface area contributed by atoms with Gasteiger partial charge in [-0.1, -0.05) is 6.58 Å². The molecule has 0 atom stereocenters. The molecule has 0 bridgehead atoms. The van der Waals surface area contributed by atoms with Gasteiger partial charge in [0.1, 0.15) is 5.76 Å². The van der Waals surface area contributed by atoms with Crippen molar-refractivity contribution in [1.82, 2.24) is 4.98 Å². The van der Waals surface area contributed by atoms with Crippen LogP contribution in [0.2, 0.25) is 0 Å².